The predicted octanol–water partition coefficient (Wildman–Crippen LogP) is 4.34. The molecular weight excluding hydrogens is 322 g/mol. The lowest BCUT2D eigenvalue weighted by Gasteiger charge is -2.33. The molecule has 4 heteroatoms. The molecule has 1 aliphatic carbocycles. The van der Waals surface area contributed by atoms with Crippen LogP contribution in [0, 0.1) is 11.8 Å². The van der Waals surface area contributed by atoms with Gasteiger partial charge in [-0.25, -0.2) is 4.98 Å². The molecule has 3 atom stereocenters. The lowest BCUT2D eigenvalue weighted by Crippen LogP contribution is -2.34. The van der Waals surface area contributed by atoms with Crippen LogP contribution in [0.15, 0.2) is 42.9 Å². The third-order valence-corrected chi connectivity index (χ3v) is 6.21. The molecule has 0 spiro atoms. The van der Waals surface area contributed by atoms with E-state index < -0.39 is 0 Å². The van der Waals surface area contributed by atoms with Gasteiger partial charge in [-0.2, -0.15) is 0 Å². The number of carbonyl (C=O) groups is 1. The van der Waals surface area contributed by atoms with E-state index in [9.17, 15) is 4.79 Å². The van der Waals surface area contributed by atoms with Gasteiger partial charge >= 0.3 is 0 Å². The van der Waals surface area contributed by atoms with Crippen LogP contribution in [0.25, 0.3) is 0 Å². The number of benzene rings is 1. The van der Waals surface area contributed by atoms with Gasteiger partial charge < -0.3 is 9.88 Å². The second-order valence-corrected chi connectivity index (χ2v) is 8.12. The Morgan fingerprint density at radius 3 is 2.77 bits per heavy atom. The maximum atomic E-state index is 12.4. The van der Waals surface area contributed by atoms with Gasteiger partial charge in [0.2, 0.25) is 5.91 Å². The number of amides is 1. The Kier molecular flexibility index (Phi) is 5.37. The molecule has 1 aromatic carbocycles. The molecule has 4 nitrogen and oxygen atoms in total. The van der Waals surface area contributed by atoms with Crippen LogP contribution >= 0.6 is 0 Å². The molecule has 2 heterocycles. The number of nitrogens with one attached hydrogen (secondary N) is 1. The van der Waals surface area contributed by atoms with Crippen molar-refractivity contribution in [1.82, 2.24) is 14.9 Å². The minimum Gasteiger partial charge on any atom is -0.348 e. The van der Waals surface area contributed by atoms with E-state index in [1.165, 1.54) is 43.4 Å². The van der Waals surface area contributed by atoms with Crippen LogP contribution < -0.4 is 0 Å². The smallest absolute Gasteiger partial charge is 0.223 e. The van der Waals surface area contributed by atoms with Gasteiger partial charge in [0.15, 0.2) is 0 Å². The summed E-state index contributed by atoms with van der Waals surface area (Å²) in [6.07, 6.45) is 13.1. The van der Waals surface area contributed by atoms with Gasteiger partial charge in [0, 0.05) is 30.9 Å². The maximum absolute atomic E-state index is 12.4. The zero-order valence-electron chi connectivity index (χ0n) is 15.4. The first kappa shape index (κ1) is 17.3. The third kappa shape index (κ3) is 4.17. The van der Waals surface area contributed by atoms with Crippen molar-refractivity contribution in [3.05, 3.63) is 54.1 Å². The summed E-state index contributed by atoms with van der Waals surface area (Å²) in [6, 6.07) is 10.8. The minimum atomic E-state index is 0.337. The Morgan fingerprint density at radius 1 is 1.12 bits per heavy atom. The summed E-state index contributed by atoms with van der Waals surface area (Å²) in [5.41, 5.74) is 2.51. The number of carbonyl (C=O) groups excluding carboxylic acids is 1. The third-order valence-electron chi connectivity index (χ3n) is 6.21. The van der Waals surface area contributed by atoms with Gasteiger partial charge in [0.05, 0.1) is 6.33 Å². The number of aromatic nitrogens is 2. The van der Waals surface area contributed by atoms with Gasteiger partial charge in [0.25, 0.3) is 0 Å². The number of aromatic amines is 1. The van der Waals surface area contributed by atoms with Gasteiger partial charge in [-0.15, -0.1) is 0 Å². The van der Waals surface area contributed by atoms with Crippen molar-refractivity contribution in [2.45, 2.75) is 64.0 Å². The Labute approximate surface area is 156 Å². The Hall–Kier alpha value is -2.10. The largest absolute Gasteiger partial charge is 0.348 e. The van der Waals surface area contributed by atoms with Gasteiger partial charge in [0.1, 0.15) is 0 Å². The molecule has 1 saturated heterocycles. The molecule has 4 rings (SSSR count). The van der Waals surface area contributed by atoms with E-state index in [-0.39, 0.29) is 0 Å². The molecule has 2 fully saturated rings. The first-order valence-corrected chi connectivity index (χ1v) is 10.1. The van der Waals surface area contributed by atoms with Crippen LogP contribution in [0.1, 0.15) is 56.2 Å². The molecule has 2 aromatic rings. The fourth-order valence-corrected chi connectivity index (χ4v) is 4.93. The van der Waals surface area contributed by atoms with Crippen molar-refractivity contribution in [3.8, 4) is 0 Å². The lowest BCUT2D eigenvalue weighted by molar-refractivity contribution is -0.129. The summed E-state index contributed by atoms with van der Waals surface area (Å²) in [4.78, 5) is 22.0. The average molecular weight is 351 g/mol. The zero-order chi connectivity index (χ0) is 17.8. The number of likely N-dealkylation sites (tertiary alicyclic amines) is 1. The van der Waals surface area contributed by atoms with Crippen molar-refractivity contribution < 1.29 is 4.79 Å². The molecule has 0 radical (unpaired) electrons. The standard InChI is InChI=1S/C22H29N3O/c26-22-10-9-21(25(22)15-17-5-2-1-3-6-17)13-19-8-4-7-18(11-19)12-20-14-23-16-24-20/h1-3,5-6,14,16,18-19,21H,4,7-13,15H2,(H,23,24)/t18?,19-,21-/m0/s1. The van der Waals surface area contributed by atoms with E-state index in [4.69, 9.17) is 0 Å². The molecule has 0 bridgehead atoms. The van der Waals surface area contributed by atoms with Crippen LogP contribution in [-0.2, 0) is 17.8 Å². The maximum Gasteiger partial charge on any atom is 0.223 e. The molecule has 2 aliphatic rings. The van der Waals surface area contributed by atoms with E-state index in [2.05, 4.69) is 39.1 Å². The van der Waals surface area contributed by atoms with E-state index in [0.29, 0.717) is 11.9 Å². The normalized spacial score (nSPS) is 26.4. The Morgan fingerprint density at radius 2 is 1.96 bits per heavy atom. The van der Waals surface area contributed by atoms with Gasteiger partial charge in [-0.3, -0.25) is 4.79 Å². The predicted molar refractivity (Wildman–Crippen MR) is 102 cm³/mol. The molecule has 26 heavy (non-hydrogen) atoms. The van der Waals surface area contributed by atoms with Crippen molar-refractivity contribution >= 4 is 5.91 Å². The molecular formula is C22H29N3O. The molecule has 1 amide bonds. The fourth-order valence-electron chi connectivity index (χ4n) is 4.93. The topological polar surface area (TPSA) is 49.0 Å². The average Bonchev–Trinajstić information content (AvgIpc) is 3.28. The highest BCUT2D eigenvalue weighted by Crippen LogP contribution is 2.36. The first-order chi connectivity index (χ1) is 12.8. The summed E-state index contributed by atoms with van der Waals surface area (Å²) >= 11 is 0. The minimum absolute atomic E-state index is 0.337. The molecule has 1 saturated carbocycles. The Bertz CT molecular complexity index is 697. The van der Waals surface area contributed by atoms with Crippen molar-refractivity contribution in [3.63, 3.8) is 0 Å². The van der Waals surface area contributed by atoms with Crippen LogP contribution in [0.2, 0.25) is 0 Å². The second kappa shape index (κ2) is 8.07. The number of nitrogens with zero attached hydrogens (tertiary/aromatic N) is 2. The van der Waals surface area contributed by atoms with Gasteiger partial charge in [-0.1, -0.05) is 49.6 Å². The quantitative estimate of drug-likeness (QED) is 0.841. The van der Waals surface area contributed by atoms with Crippen LogP contribution in [0.3, 0.4) is 0 Å². The van der Waals surface area contributed by atoms with Crippen LogP contribution in [-0.4, -0.2) is 26.8 Å². The highest BCUT2D eigenvalue weighted by molar-refractivity contribution is 5.78. The highest BCUT2D eigenvalue weighted by Gasteiger charge is 2.34. The monoisotopic (exact) mass is 351 g/mol. The number of hydrogen-bond acceptors (Lipinski definition) is 2. The van der Waals surface area contributed by atoms with E-state index in [0.717, 1.165) is 37.6 Å². The molecule has 1 aromatic heterocycles. The fraction of sp³-hybridized carbons (Fsp3) is 0.545. The number of hydrogen-bond donors (Lipinski definition) is 1. The number of imidazole rings is 1. The molecule has 1 unspecified atom stereocenters. The summed E-state index contributed by atoms with van der Waals surface area (Å²) in [7, 11) is 0. The van der Waals surface area contributed by atoms with Gasteiger partial charge in [-0.05, 0) is 43.1 Å². The van der Waals surface area contributed by atoms with Crippen LogP contribution in [0.4, 0.5) is 0 Å². The van der Waals surface area contributed by atoms with E-state index in [1.54, 1.807) is 6.33 Å². The number of rotatable bonds is 6. The van der Waals surface area contributed by atoms with Crippen molar-refractivity contribution in [1.29, 1.82) is 0 Å². The van der Waals surface area contributed by atoms with E-state index >= 15 is 0 Å². The van der Waals surface area contributed by atoms with E-state index in [1.807, 2.05) is 12.3 Å². The highest BCUT2D eigenvalue weighted by atomic mass is 16.2. The SMILES string of the molecule is O=C1CC[C@@H](C[C@H]2CCCC(Cc3cnc[nH]3)C2)N1Cc1ccccc1. The van der Waals surface area contributed by atoms with Crippen molar-refractivity contribution in [2.75, 3.05) is 0 Å². The summed E-state index contributed by atoms with van der Waals surface area (Å²) in [5, 5.41) is 0. The zero-order valence-corrected chi connectivity index (χ0v) is 15.4. The second-order valence-electron chi connectivity index (χ2n) is 8.12. The lowest BCUT2D eigenvalue weighted by atomic mass is 9.76. The summed E-state index contributed by atoms with van der Waals surface area (Å²) in [6.45, 7) is 0.772. The first-order valence-electron chi connectivity index (χ1n) is 10.1. The van der Waals surface area contributed by atoms with Crippen molar-refractivity contribution in [2.24, 2.45) is 11.8 Å². The van der Waals surface area contributed by atoms with Crippen LogP contribution in [0.5, 0.6) is 0 Å². The number of H-pyrrole nitrogens is 1. The molecule has 1 aliphatic heterocycles. The summed E-state index contributed by atoms with van der Waals surface area (Å²) < 4.78 is 0. The molecule has 1 N–H and O–H groups in total. The summed E-state index contributed by atoms with van der Waals surface area (Å²) in [5.74, 6) is 1.85. The molecule has 138 valence electrons. The Balaban J connectivity index is 1.35.